The number of anilines is 6. The topological polar surface area (TPSA) is 16.3 Å². The maximum Gasteiger partial charge on any atom is 0.252 e. The van der Waals surface area contributed by atoms with Gasteiger partial charge in [-0.05, 0) is 230 Å². The maximum atomic E-state index is 2.73. The lowest BCUT2D eigenvalue weighted by Crippen LogP contribution is -2.61. The van der Waals surface area contributed by atoms with Crippen LogP contribution in [0.5, 0.6) is 0 Å². The smallest absolute Gasteiger partial charge is 0.252 e. The summed E-state index contributed by atoms with van der Waals surface area (Å²) in [5, 5.41) is 9.71. The molecule has 25 rings (SSSR count). The van der Waals surface area contributed by atoms with Gasteiger partial charge >= 0.3 is 0 Å². The molecule has 4 heterocycles. The minimum Gasteiger partial charge on any atom is -0.310 e. The standard InChI is InChI=1S/C117H75BN4/c1-7-30-75(31-8-1)87-69-101(77-34-11-3-12-35-77)117(102(70-87)78-36-13-4-14-37-78)122-108-65-62-86(95-49-29-55-110-114(95)99-47-24-26-53-106(99)120(110)90-42-17-6-18-43-90)72-104(108)118-103-71-85(94-48-28-54-109-113(94)98-46-23-25-52-105(98)119(109)89-40-15-5-16-41-89)61-64-107(103)121(111-73-88(74-112(122)115(111)118)80-57-59-84-66-81-39-20-22-45-92(81)100(84)68-80)116-96(76-32-9-2-10-33-76)50-27-51-97(116)83-60-63-93-82(67-83)58-56-79-38-19-21-44-91(79)93/h1-65,67-74H,66H2. The second-order valence-electron chi connectivity index (χ2n) is 32.9. The van der Waals surface area contributed by atoms with E-state index >= 15 is 0 Å². The van der Waals surface area contributed by atoms with Crippen LogP contribution in [0.25, 0.3) is 177 Å². The number of hydrogen-bond donors (Lipinski definition) is 0. The van der Waals surface area contributed by atoms with E-state index in [2.05, 4.69) is 462 Å². The number of aromatic nitrogens is 2. The summed E-state index contributed by atoms with van der Waals surface area (Å²) in [4.78, 5) is 5.46. The first-order chi connectivity index (χ1) is 60.5. The first-order valence-corrected chi connectivity index (χ1v) is 42.4. The van der Waals surface area contributed by atoms with Crippen molar-refractivity contribution in [2.75, 3.05) is 9.80 Å². The minimum atomic E-state index is -0.377. The Morgan fingerprint density at radius 2 is 0.582 bits per heavy atom. The van der Waals surface area contributed by atoms with Crippen LogP contribution in [0.15, 0.2) is 443 Å². The van der Waals surface area contributed by atoms with Crippen LogP contribution in [0.4, 0.5) is 34.1 Å². The first-order valence-electron chi connectivity index (χ1n) is 42.4. The van der Waals surface area contributed by atoms with Gasteiger partial charge in [0.25, 0.3) is 6.71 Å². The summed E-state index contributed by atoms with van der Waals surface area (Å²) in [7, 11) is 0. The average Bonchev–Trinajstić information content (AvgIpc) is 0.788. The molecule has 2 aromatic heterocycles. The second-order valence-corrected chi connectivity index (χ2v) is 32.9. The van der Waals surface area contributed by atoms with E-state index in [1.807, 2.05) is 0 Å². The number of rotatable bonds is 12. The van der Waals surface area contributed by atoms with E-state index in [0.29, 0.717) is 0 Å². The average molecular weight is 1550 g/mol. The van der Waals surface area contributed by atoms with E-state index in [9.17, 15) is 0 Å². The molecule has 122 heavy (non-hydrogen) atoms. The van der Waals surface area contributed by atoms with Crippen molar-refractivity contribution >= 4 is 122 Å². The molecule has 3 aliphatic rings. The van der Waals surface area contributed by atoms with Gasteiger partial charge in [0.15, 0.2) is 0 Å². The molecule has 0 saturated carbocycles. The molecule has 0 N–H and O–H groups in total. The van der Waals surface area contributed by atoms with E-state index in [4.69, 9.17) is 0 Å². The van der Waals surface area contributed by atoms with Crippen LogP contribution in [-0.4, -0.2) is 15.8 Å². The van der Waals surface area contributed by atoms with Crippen molar-refractivity contribution in [3.63, 3.8) is 0 Å². The monoisotopic (exact) mass is 1550 g/mol. The minimum absolute atomic E-state index is 0.377. The maximum absolute atomic E-state index is 2.73. The van der Waals surface area contributed by atoms with Crippen LogP contribution in [0, 0.1) is 0 Å². The van der Waals surface area contributed by atoms with Gasteiger partial charge in [-0.1, -0.05) is 346 Å². The van der Waals surface area contributed by atoms with Crippen molar-refractivity contribution in [1.82, 2.24) is 9.13 Å². The van der Waals surface area contributed by atoms with Crippen LogP contribution in [0.3, 0.4) is 0 Å². The predicted molar refractivity (Wildman–Crippen MR) is 516 cm³/mol. The highest BCUT2D eigenvalue weighted by Gasteiger charge is 2.46. The quantitative estimate of drug-likeness (QED) is 0.0895. The van der Waals surface area contributed by atoms with E-state index in [0.717, 1.165) is 152 Å². The van der Waals surface area contributed by atoms with Gasteiger partial charge in [0.2, 0.25) is 0 Å². The number of para-hydroxylation sites is 5. The summed E-state index contributed by atoms with van der Waals surface area (Å²) < 4.78 is 4.91. The van der Waals surface area contributed by atoms with Gasteiger partial charge < -0.3 is 18.9 Å². The molecular formula is C117H75BN4. The first kappa shape index (κ1) is 69.3. The lowest BCUT2D eigenvalue weighted by Gasteiger charge is -2.46. The molecule has 5 heteroatoms. The lowest BCUT2D eigenvalue weighted by atomic mass is 9.33. The summed E-state index contributed by atoms with van der Waals surface area (Å²) >= 11 is 0. The highest BCUT2D eigenvalue weighted by molar-refractivity contribution is 7.00. The lowest BCUT2D eigenvalue weighted by molar-refractivity contribution is 1.18. The summed E-state index contributed by atoms with van der Waals surface area (Å²) in [5.74, 6) is 0. The zero-order valence-corrected chi connectivity index (χ0v) is 66.7. The van der Waals surface area contributed by atoms with Crippen molar-refractivity contribution in [2.45, 2.75) is 6.42 Å². The third-order valence-electron chi connectivity index (χ3n) is 26.3. The van der Waals surface area contributed by atoms with Crippen molar-refractivity contribution in [1.29, 1.82) is 0 Å². The van der Waals surface area contributed by atoms with Crippen LogP contribution in [-0.2, 0) is 6.42 Å². The van der Waals surface area contributed by atoms with Gasteiger partial charge in [-0.3, -0.25) is 0 Å². The number of nitrogens with zero attached hydrogens (tertiary/aromatic N) is 4. The molecule has 0 atom stereocenters. The second kappa shape index (κ2) is 27.9. The van der Waals surface area contributed by atoms with Gasteiger partial charge in [0.05, 0.1) is 33.4 Å². The molecule has 566 valence electrons. The molecule has 2 aliphatic heterocycles. The largest absolute Gasteiger partial charge is 0.310 e. The van der Waals surface area contributed by atoms with Gasteiger partial charge in [-0.2, -0.15) is 0 Å². The van der Waals surface area contributed by atoms with Crippen molar-refractivity contribution in [3.05, 3.63) is 454 Å². The molecule has 22 aromatic rings. The Morgan fingerprint density at radius 3 is 1.16 bits per heavy atom. The third kappa shape index (κ3) is 10.9. The van der Waals surface area contributed by atoms with Gasteiger partial charge in [0, 0.05) is 77.9 Å². The fraction of sp³-hybridized carbons (Fsp3) is 0.00855. The molecule has 20 aromatic carbocycles. The van der Waals surface area contributed by atoms with Crippen LogP contribution in [0.1, 0.15) is 11.1 Å². The Morgan fingerprint density at radius 1 is 0.197 bits per heavy atom. The Labute approximate surface area is 708 Å². The Kier molecular flexibility index (Phi) is 15.9. The summed E-state index contributed by atoms with van der Waals surface area (Å²) in [6, 6.07) is 167. The zero-order valence-electron chi connectivity index (χ0n) is 66.7. The molecule has 4 nitrogen and oxygen atoms in total. The Bertz CT molecular complexity index is 7970. The number of hydrogen-bond acceptors (Lipinski definition) is 2. The number of fused-ring (bicyclic) bond motifs is 16. The Balaban J connectivity index is 0.853. The van der Waals surface area contributed by atoms with Gasteiger partial charge in [-0.25, -0.2) is 0 Å². The molecule has 0 unspecified atom stereocenters. The molecule has 0 spiro atoms. The van der Waals surface area contributed by atoms with Crippen LogP contribution < -0.4 is 26.2 Å². The fourth-order valence-electron chi connectivity index (χ4n) is 20.9. The predicted octanol–water partition coefficient (Wildman–Crippen LogP) is 29.2. The zero-order chi connectivity index (χ0) is 80.0. The van der Waals surface area contributed by atoms with E-state index in [1.54, 1.807) is 0 Å². The number of benzene rings is 20. The molecule has 0 fully saturated rings. The van der Waals surface area contributed by atoms with Crippen molar-refractivity contribution in [2.24, 2.45) is 0 Å². The SMILES string of the molecule is c1ccc(-c2cc(-c3ccccc3)c(N3c4ccc(-c5cccc6c5c5ccccc5n6-c5ccccc5)cc4B4c5cc(-c6cccc7c6c6ccccc6n7-c6ccccc6)ccc5N(c5c(-c6ccccc6)cccc5-c5ccc6c(ccc7ccccc76)c5)c5cc(-c6ccc7c(c6)-c6ccccc6C7)cc3c54)c(-c3ccccc3)c2)cc1. The Hall–Kier alpha value is -15.8. The summed E-state index contributed by atoms with van der Waals surface area (Å²) in [6.07, 6.45) is 0.892. The van der Waals surface area contributed by atoms with E-state index < -0.39 is 0 Å². The molecule has 0 amide bonds. The normalized spacial score (nSPS) is 12.5. The third-order valence-corrected chi connectivity index (χ3v) is 26.3. The van der Waals surface area contributed by atoms with Crippen LogP contribution in [0.2, 0.25) is 0 Å². The highest BCUT2D eigenvalue weighted by Crippen LogP contribution is 2.56. The van der Waals surface area contributed by atoms with Crippen LogP contribution >= 0.6 is 0 Å². The van der Waals surface area contributed by atoms with E-state index in [-0.39, 0.29) is 6.71 Å². The summed E-state index contributed by atoms with van der Waals surface area (Å²) in [6.45, 7) is -0.377. The highest BCUT2D eigenvalue weighted by atomic mass is 15.2. The van der Waals surface area contributed by atoms with E-state index in [1.165, 1.54) is 92.9 Å². The van der Waals surface area contributed by atoms with Crippen molar-refractivity contribution in [3.8, 4) is 112 Å². The molecular weight excluding hydrogens is 1470 g/mol. The summed E-state index contributed by atoms with van der Waals surface area (Å²) in [5.41, 5.74) is 40.5. The van der Waals surface area contributed by atoms with Crippen molar-refractivity contribution < 1.29 is 0 Å². The molecule has 0 bridgehead atoms. The molecule has 0 radical (unpaired) electrons. The fourth-order valence-corrected chi connectivity index (χ4v) is 20.9. The molecule has 0 saturated heterocycles. The molecule has 1 aliphatic carbocycles. The van der Waals surface area contributed by atoms with Gasteiger partial charge in [-0.15, -0.1) is 0 Å². The van der Waals surface area contributed by atoms with Gasteiger partial charge in [0.1, 0.15) is 0 Å².